The first kappa shape index (κ1) is 22.3. The molecule has 1 aromatic carbocycles. The minimum Gasteiger partial charge on any atom is -0.512 e. The third-order valence-corrected chi connectivity index (χ3v) is 5.51. The fourth-order valence-electron chi connectivity index (χ4n) is 4.34. The molecule has 0 spiro atoms. The van der Waals surface area contributed by atoms with Crippen LogP contribution in [-0.2, 0) is 30.3 Å². The molecule has 1 aliphatic carbocycles. The van der Waals surface area contributed by atoms with Crippen molar-refractivity contribution in [3.8, 4) is 11.3 Å². The number of hydrogen-bond acceptors (Lipinski definition) is 5. The Balaban J connectivity index is 0.000000297. The van der Waals surface area contributed by atoms with E-state index >= 15 is 0 Å². The standard InChI is InChI=1S/C21H16N3.C5H8O2.Ir/c1-12-8-13-4-7-23-20-15-11-24-17-5-6-22-10-14(17)19(15)21(2,3)16(9-12)18(13)20;1-4(6)3-5(2)7;/h4-10H,1-3H3;3,6H,1-2H3;/q-1;;/b;4-3-;/i;3D;. The molecule has 0 fully saturated rings. The van der Waals surface area contributed by atoms with Crippen LogP contribution in [0.15, 0.2) is 54.7 Å². The zero-order valence-electron chi connectivity index (χ0n) is 19.6. The van der Waals surface area contributed by atoms with E-state index in [-0.39, 0.29) is 37.3 Å². The minimum absolute atomic E-state index is 0. The number of benzene rings is 1. The molecule has 4 aromatic rings. The number of pyridine rings is 3. The third kappa shape index (κ3) is 4.08. The van der Waals surface area contributed by atoms with E-state index in [1.165, 1.54) is 41.3 Å². The molecule has 0 unspecified atom stereocenters. The third-order valence-electron chi connectivity index (χ3n) is 5.51. The summed E-state index contributed by atoms with van der Waals surface area (Å²) < 4.78 is 6.76. The van der Waals surface area contributed by atoms with Crippen LogP contribution in [-0.4, -0.2) is 25.8 Å². The molecule has 1 aliphatic rings. The van der Waals surface area contributed by atoms with E-state index in [4.69, 9.17) is 6.48 Å². The van der Waals surface area contributed by atoms with Crippen molar-refractivity contribution in [3.05, 3.63) is 77.6 Å². The Labute approximate surface area is 202 Å². The van der Waals surface area contributed by atoms with Gasteiger partial charge >= 0.3 is 0 Å². The summed E-state index contributed by atoms with van der Waals surface area (Å²) in [6, 6.07) is 8.24. The maximum Gasteiger partial charge on any atom is 0.155 e. The number of aliphatic hydroxyl groups excluding tert-OH is 1. The summed E-state index contributed by atoms with van der Waals surface area (Å²) in [6.45, 7) is 9.25. The van der Waals surface area contributed by atoms with E-state index in [1.807, 2.05) is 18.5 Å². The van der Waals surface area contributed by atoms with E-state index in [1.54, 1.807) is 6.20 Å². The molecule has 32 heavy (non-hydrogen) atoms. The molecule has 0 bridgehead atoms. The normalized spacial score (nSPS) is 14.3. The summed E-state index contributed by atoms with van der Waals surface area (Å²) in [5, 5.41) is 12.0. The van der Waals surface area contributed by atoms with Gasteiger partial charge in [-0.15, -0.1) is 11.1 Å². The summed E-state index contributed by atoms with van der Waals surface area (Å²) in [7, 11) is 0. The number of nitrogens with zero attached hydrogens (tertiary/aromatic N) is 3. The number of aryl methyl sites for hydroxylation is 1. The molecule has 1 N–H and O–H groups in total. The zero-order valence-corrected chi connectivity index (χ0v) is 21.0. The van der Waals surface area contributed by atoms with Gasteiger partial charge in [-0.2, -0.15) is 0 Å². The molecule has 0 saturated heterocycles. The molecule has 0 aliphatic heterocycles. The smallest absolute Gasteiger partial charge is 0.155 e. The molecular weight excluding hydrogens is 579 g/mol. The van der Waals surface area contributed by atoms with Crippen LogP contribution in [0.25, 0.3) is 32.9 Å². The maximum absolute atomic E-state index is 10.2. The average molecular weight is 604 g/mol. The van der Waals surface area contributed by atoms with Crippen molar-refractivity contribution in [2.75, 3.05) is 0 Å². The molecule has 5 nitrogen and oxygen atoms in total. The van der Waals surface area contributed by atoms with E-state index in [0.717, 1.165) is 22.2 Å². The molecule has 0 amide bonds. The van der Waals surface area contributed by atoms with Crippen LogP contribution in [0.1, 0.15) is 45.8 Å². The van der Waals surface area contributed by atoms with Crippen LogP contribution < -0.4 is 0 Å². The number of carbonyl (C=O) groups excluding carboxylic acids is 1. The molecule has 0 saturated carbocycles. The summed E-state index contributed by atoms with van der Waals surface area (Å²) >= 11 is 0. The van der Waals surface area contributed by atoms with Gasteiger partial charge in [0.2, 0.25) is 0 Å². The molecule has 1 radical (unpaired) electrons. The van der Waals surface area contributed by atoms with Gasteiger partial charge < -0.3 is 15.1 Å². The van der Waals surface area contributed by atoms with Crippen LogP contribution in [0.2, 0.25) is 0 Å². The predicted octanol–water partition coefficient (Wildman–Crippen LogP) is 5.63. The second-order valence-electron chi connectivity index (χ2n) is 8.33. The first-order chi connectivity index (χ1) is 15.1. The first-order valence-electron chi connectivity index (χ1n) is 10.6. The van der Waals surface area contributed by atoms with Crippen LogP contribution in [0.4, 0.5) is 0 Å². The minimum atomic E-state index is -0.412. The molecule has 6 heteroatoms. The van der Waals surface area contributed by atoms with Gasteiger partial charge in [0.25, 0.3) is 0 Å². The largest absolute Gasteiger partial charge is 0.512 e. The van der Waals surface area contributed by atoms with E-state index in [9.17, 15) is 4.79 Å². The van der Waals surface area contributed by atoms with Crippen LogP contribution in [0, 0.1) is 13.1 Å². The molecule has 5 rings (SSSR count). The van der Waals surface area contributed by atoms with Gasteiger partial charge in [-0.25, -0.2) is 0 Å². The second kappa shape index (κ2) is 8.89. The number of aromatic nitrogens is 3. The monoisotopic (exact) mass is 604 g/mol. The van der Waals surface area contributed by atoms with Gasteiger partial charge in [-0.3, -0.25) is 9.78 Å². The van der Waals surface area contributed by atoms with Crippen molar-refractivity contribution in [3.63, 3.8) is 0 Å². The molecule has 3 heterocycles. The van der Waals surface area contributed by atoms with E-state index in [2.05, 4.69) is 60.1 Å². The van der Waals surface area contributed by atoms with Crippen molar-refractivity contribution in [1.82, 2.24) is 15.0 Å². The van der Waals surface area contributed by atoms with Gasteiger partial charge in [-0.1, -0.05) is 43.0 Å². The van der Waals surface area contributed by atoms with Gasteiger partial charge in [-0.05, 0) is 66.0 Å². The Morgan fingerprint density at radius 1 is 1.22 bits per heavy atom. The number of rotatable bonds is 1. The van der Waals surface area contributed by atoms with Crippen molar-refractivity contribution in [2.24, 2.45) is 0 Å². The number of fused-ring (bicyclic) bond motifs is 4. The molecule has 0 atom stereocenters. The summed E-state index contributed by atoms with van der Waals surface area (Å²) in [6.07, 6.45) is 8.84. The second-order valence-corrected chi connectivity index (χ2v) is 8.33. The van der Waals surface area contributed by atoms with E-state index < -0.39 is 5.78 Å². The quantitative estimate of drug-likeness (QED) is 0.174. The average Bonchev–Trinajstić information content (AvgIpc) is 2.76. The number of ketones is 1. The number of aliphatic hydroxyl groups is 1. The van der Waals surface area contributed by atoms with Crippen LogP contribution in [0.3, 0.4) is 0 Å². The van der Waals surface area contributed by atoms with Crippen LogP contribution in [0.5, 0.6) is 0 Å². The fourth-order valence-corrected chi connectivity index (χ4v) is 4.34. The van der Waals surface area contributed by atoms with Crippen molar-refractivity contribution in [1.29, 1.82) is 0 Å². The Bertz CT molecular complexity index is 1430. The van der Waals surface area contributed by atoms with Gasteiger partial charge in [0.15, 0.2) is 5.78 Å². The summed E-state index contributed by atoms with van der Waals surface area (Å²) in [4.78, 5) is 23.7. The predicted molar refractivity (Wildman–Crippen MR) is 123 cm³/mol. The number of hydrogen-bond donors (Lipinski definition) is 1. The topological polar surface area (TPSA) is 76.0 Å². The van der Waals surface area contributed by atoms with Crippen molar-refractivity contribution >= 4 is 27.5 Å². The van der Waals surface area contributed by atoms with Gasteiger partial charge in [0.05, 0.1) is 7.13 Å². The Kier molecular flexibility index (Phi) is 6.18. The Morgan fingerprint density at radius 2 is 1.97 bits per heavy atom. The van der Waals surface area contributed by atoms with Crippen molar-refractivity contribution in [2.45, 2.75) is 40.0 Å². The number of carbonyl (C=O) groups is 1. The van der Waals surface area contributed by atoms with E-state index in [0.29, 0.717) is 0 Å². The first-order valence-corrected chi connectivity index (χ1v) is 10.1. The summed E-state index contributed by atoms with van der Waals surface area (Å²) in [5.74, 6) is -0.637. The van der Waals surface area contributed by atoms with Gasteiger partial charge in [0, 0.05) is 44.7 Å². The molecular formula is C26H24IrN3O2-. The molecule has 3 aromatic heterocycles. The fraction of sp³-hybridized carbons (Fsp3) is 0.231. The SMILES string of the molecule is Cc1cc2c3c(nccc3c1)-c1[c-]nc3ccncc3c1C2(C)C.[2H]/C(C(C)=O)=C(\C)O.[Ir]. The van der Waals surface area contributed by atoms with Crippen LogP contribution >= 0.6 is 0 Å². The zero-order chi connectivity index (χ0) is 23.2. The van der Waals surface area contributed by atoms with Gasteiger partial charge in [0.1, 0.15) is 0 Å². The summed E-state index contributed by atoms with van der Waals surface area (Å²) in [5.41, 5.74) is 6.57. The molecule has 165 valence electrons. The Morgan fingerprint density at radius 3 is 2.62 bits per heavy atom. The number of allylic oxidation sites excluding steroid dienone is 2. The van der Waals surface area contributed by atoms with Crippen molar-refractivity contribution < 1.29 is 31.4 Å². The maximum atomic E-state index is 10.2. The Hall–Kier alpha value is -2.95.